The number of piperidine rings is 1. The summed E-state index contributed by atoms with van der Waals surface area (Å²) < 4.78 is 1.46. The molecule has 1 fully saturated rings. The number of aromatic nitrogens is 2. The van der Waals surface area contributed by atoms with Gasteiger partial charge in [0.25, 0.3) is 0 Å². The number of hydrogen-bond acceptors (Lipinski definition) is 3. The molecule has 19 heavy (non-hydrogen) atoms. The molecule has 0 aliphatic carbocycles. The van der Waals surface area contributed by atoms with Crippen LogP contribution in [0.5, 0.6) is 0 Å². The number of aromatic carboxylic acids is 1. The van der Waals surface area contributed by atoms with Crippen LogP contribution < -0.4 is 0 Å². The molecule has 5 nitrogen and oxygen atoms in total. The Morgan fingerprint density at radius 2 is 2.32 bits per heavy atom. The van der Waals surface area contributed by atoms with Gasteiger partial charge in [-0.3, -0.25) is 4.68 Å². The maximum atomic E-state index is 11.0. The lowest BCUT2D eigenvalue weighted by atomic mass is 9.92. The molecule has 106 valence electrons. The van der Waals surface area contributed by atoms with Crippen molar-refractivity contribution in [3.63, 3.8) is 0 Å². The summed E-state index contributed by atoms with van der Waals surface area (Å²) >= 11 is 0. The highest BCUT2D eigenvalue weighted by Crippen LogP contribution is 2.22. The Hall–Kier alpha value is -1.36. The van der Waals surface area contributed by atoms with Crippen molar-refractivity contribution in [2.45, 2.75) is 39.2 Å². The van der Waals surface area contributed by atoms with Gasteiger partial charge in [-0.25, -0.2) is 4.79 Å². The fourth-order valence-electron chi connectivity index (χ4n) is 2.86. The summed E-state index contributed by atoms with van der Waals surface area (Å²) in [6, 6.07) is 2.29. The van der Waals surface area contributed by atoms with E-state index >= 15 is 0 Å². The minimum Gasteiger partial charge on any atom is -0.477 e. The van der Waals surface area contributed by atoms with Gasteiger partial charge in [0.05, 0.1) is 5.69 Å². The zero-order valence-corrected chi connectivity index (χ0v) is 12.0. The number of carboxylic acids is 1. The second kappa shape index (κ2) is 5.74. The van der Waals surface area contributed by atoms with Gasteiger partial charge in [-0.15, -0.1) is 0 Å². The first-order chi connectivity index (χ1) is 8.97. The topological polar surface area (TPSA) is 58.4 Å². The number of carboxylic acid groups (broad SMARTS) is 1. The zero-order valence-electron chi connectivity index (χ0n) is 12.0. The van der Waals surface area contributed by atoms with Crippen molar-refractivity contribution in [2.24, 2.45) is 13.0 Å². The molecule has 1 aromatic heterocycles. The SMILES string of the molecule is CC(C)N1CCCC(Cc2cc(C(=O)O)n(C)n2)C1. The van der Waals surface area contributed by atoms with Gasteiger partial charge < -0.3 is 10.0 Å². The van der Waals surface area contributed by atoms with Crippen molar-refractivity contribution >= 4 is 5.97 Å². The predicted octanol–water partition coefficient (Wildman–Crippen LogP) is 1.78. The normalized spacial score (nSPS) is 20.9. The first-order valence-corrected chi connectivity index (χ1v) is 6.97. The van der Waals surface area contributed by atoms with Crippen LogP contribution in [0.1, 0.15) is 42.9 Å². The van der Waals surface area contributed by atoms with Crippen LogP contribution in [0, 0.1) is 5.92 Å². The number of hydrogen-bond donors (Lipinski definition) is 1. The lowest BCUT2D eigenvalue weighted by Gasteiger charge is -2.35. The minimum atomic E-state index is -0.909. The van der Waals surface area contributed by atoms with E-state index in [1.165, 1.54) is 24.1 Å². The highest BCUT2D eigenvalue weighted by Gasteiger charge is 2.23. The smallest absolute Gasteiger partial charge is 0.354 e. The Labute approximate surface area is 114 Å². The second-order valence-corrected chi connectivity index (χ2v) is 5.75. The first kappa shape index (κ1) is 14.1. The molecule has 0 amide bonds. The first-order valence-electron chi connectivity index (χ1n) is 6.97. The molecule has 1 atom stereocenters. The molecule has 1 saturated heterocycles. The van der Waals surface area contributed by atoms with Gasteiger partial charge in [-0.1, -0.05) is 0 Å². The molecule has 0 saturated carbocycles. The molecule has 0 bridgehead atoms. The van der Waals surface area contributed by atoms with Crippen molar-refractivity contribution in [1.82, 2.24) is 14.7 Å². The standard InChI is InChI=1S/C14H23N3O2/c1-10(2)17-6-4-5-11(9-17)7-12-8-13(14(18)19)16(3)15-12/h8,10-11H,4-7,9H2,1-3H3,(H,18,19). The Bertz CT molecular complexity index is 454. The van der Waals surface area contributed by atoms with Gasteiger partial charge in [0.1, 0.15) is 5.69 Å². The molecule has 1 aliphatic rings. The van der Waals surface area contributed by atoms with Crippen molar-refractivity contribution in [3.05, 3.63) is 17.5 Å². The third-order valence-electron chi connectivity index (χ3n) is 3.93. The molecule has 2 heterocycles. The van der Waals surface area contributed by atoms with Crippen LogP contribution >= 0.6 is 0 Å². The second-order valence-electron chi connectivity index (χ2n) is 5.75. The van der Waals surface area contributed by atoms with Crippen LogP contribution in [-0.4, -0.2) is 44.9 Å². The largest absolute Gasteiger partial charge is 0.477 e. The van der Waals surface area contributed by atoms with Gasteiger partial charge in [-0.05, 0) is 51.6 Å². The number of likely N-dealkylation sites (tertiary alicyclic amines) is 1. The number of nitrogens with zero attached hydrogens (tertiary/aromatic N) is 3. The highest BCUT2D eigenvalue weighted by molar-refractivity contribution is 5.85. The number of aryl methyl sites for hydroxylation is 1. The van der Waals surface area contributed by atoms with Crippen LogP contribution in [0.15, 0.2) is 6.07 Å². The van der Waals surface area contributed by atoms with Crippen LogP contribution in [0.25, 0.3) is 0 Å². The van der Waals surface area contributed by atoms with Crippen LogP contribution in [-0.2, 0) is 13.5 Å². The van der Waals surface area contributed by atoms with E-state index in [4.69, 9.17) is 5.11 Å². The lowest BCUT2D eigenvalue weighted by Crippen LogP contribution is -2.40. The van der Waals surface area contributed by atoms with E-state index in [2.05, 4.69) is 23.8 Å². The molecule has 0 spiro atoms. The van der Waals surface area contributed by atoms with Crippen molar-refractivity contribution in [2.75, 3.05) is 13.1 Å². The third-order valence-corrected chi connectivity index (χ3v) is 3.93. The highest BCUT2D eigenvalue weighted by atomic mass is 16.4. The van der Waals surface area contributed by atoms with Gasteiger partial charge in [0, 0.05) is 19.6 Å². The molecule has 1 N–H and O–H groups in total. The Kier molecular flexibility index (Phi) is 4.24. The Morgan fingerprint density at radius 3 is 2.89 bits per heavy atom. The molecular formula is C14H23N3O2. The zero-order chi connectivity index (χ0) is 14.0. The monoisotopic (exact) mass is 265 g/mol. The molecule has 1 aromatic rings. The molecular weight excluding hydrogens is 242 g/mol. The number of rotatable bonds is 4. The molecule has 0 radical (unpaired) electrons. The summed E-state index contributed by atoms with van der Waals surface area (Å²) in [6.45, 7) is 6.73. The van der Waals surface area contributed by atoms with Gasteiger partial charge in [0.2, 0.25) is 0 Å². The Balaban J connectivity index is 2.01. The third kappa shape index (κ3) is 3.35. The van der Waals surface area contributed by atoms with E-state index in [1.54, 1.807) is 13.1 Å². The average molecular weight is 265 g/mol. The van der Waals surface area contributed by atoms with E-state index in [0.29, 0.717) is 12.0 Å². The van der Waals surface area contributed by atoms with Crippen molar-refractivity contribution < 1.29 is 9.90 Å². The fraction of sp³-hybridized carbons (Fsp3) is 0.714. The van der Waals surface area contributed by atoms with Crippen LogP contribution in [0.2, 0.25) is 0 Å². The van der Waals surface area contributed by atoms with Gasteiger partial charge in [-0.2, -0.15) is 5.10 Å². The van der Waals surface area contributed by atoms with Crippen LogP contribution in [0.3, 0.4) is 0 Å². The summed E-state index contributed by atoms with van der Waals surface area (Å²) in [5.41, 5.74) is 1.17. The van der Waals surface area contributed by atoms with E-state index in [9.17, 15) is 4.79 Å². The van der Waals surface area contributed by atoms with E-state index in [0.717, 1.165) is 18.7 Å². The summed E-state index contributed by atoms with van der Waals surface area (Å²) in [7, 11) is 1.69. The summed E-state index contributed by atoms with van der Waals surface area (Å²) in [4.78, 5) is 13.5. The molecule has 1 aliphatic heterocycles. The summed E-state index contributed by atoms with van der Waals surface area (Å²) in [6.07, 6.45) is 3.31. The summed E-state index contributed by atoms with van der Waals surface area (Å²) in [5.74, 6) is -0.318. The van der Waals surface area contributed by atoms with Gasteiger partial charge >= 0.3 is 5.97 Å². The van der Waals surface area contributed by atoms with E-state index in [-0.39, 0.29) is 5.69 Å². The quantitative estimate of drug-likeness (QED) is 0.901. The van der Waals surface area contributed by atoms with Crippen molar-refractivity contribution in [3.8, 4) is 0 Å². The lowest BCUT2D eigenvalue weighted by molar-refractivity contribution is 0.0685. The molecule has 2 rings (SSSR count). The van der Waals surface area contributed by atoms with Crippen molar-refractivity contribution in [1.29, 1.82) is 0 Å². The maximum Gasteiger partial charge on any atom is 0.354 e. The Morgan fingerprint density at radius 1 is 1.58 bits per heavy atom. The van der Waals surface area contributed by atoms with E-state index < -0.39 is 5.97 Å². The van der Waals surface area contributed by atoms with Crippen LogP contribution in [0.4, 0.5) is 0 Å². The number of carbonyl (C=O) groups is 1. The predicted molar refractivity (Wildman–Crippen MR) is 73.3 cm³/mol. The summed E-state index contributed by atoms with van der Waals surface area (Å²) in [5, 5.41) is 13.3. The fourth-order valence-corrected chi connectivity index (χ4v) is 2.86. The van der Waals surface area contributed by atoms with E-state index in [1.807, 2.05) is 0 Å². The molecule has 1 unspecified atom stereocenters. The van der Waals surface area contributed by atoms with Gasteiger partial charge in [0.15, 0.2) is 0 Å². The molecule has 5 heteroatoms. The maximum absolute atomic E-state index is 11.0. The minimum absolute atomic E-state index is 0.270. The average Bonchev–Trinajstić information content (AvgIpc) is 2.70. The molecule has 0 aromatic carbocycles.